The van der Waals surface area contributed by atoms with E-state index in [1.165, 1.54) is 25.0 Å². The fraction of sp³-hybridized carbons (Fsp3) is 0.167. The molecule has 0 spiro atoms. The fourth-order valence-electron chi connectivity index (χ4n) is 3.30. The number of amides is 2. The molecule has 168 valence electrons. The molecule has 2 amide bonds. The molecule has 0 aliphatic rings. The summed E-state index contributed by atoms with van der Waals surface area (Å²) in [4.78, 5) is 34.0. The molecule has 4 rings (SSSR count). The lowest BCUT2D eigenvalue weighted by Gasteiger charge is -2.15. The van der Waals surface area contributed by atoms with Gasteiger partial charge in [-0.2, -0.15) is 0 Å². The second-order valence-corrected chi connectivity index (χ2v) is 9.76. The van der Waals surface area contributed by atoms with Gasteiger partial charge >= 0.3 is 0 Å². The second kappa shape index (κ2) is 10.3. The minimum Gasteiger partial charge on any atom is -0.326 e. The first-order valence-corrected chi connectivity index (χ1v) is 12.4. The maximum atomic E-state index is 13.0. The van der Waals surface area contributed by atoms with Crippen molar-refractivity contribution < 1.29 is 9.59 Å². The third kappa shape index (κ3) is 5.52. The van der Waals surface area contributed by atoms with Crippen LogP contribution in [0.2, 0.25) is 5.02 Å². The van der Waals surface area contributed by atoms with E-state index in [-0.39, 0.29) is 17.1 Å². The number of thioether (sulfide) groups is 1. The van der Waals surface area contributed by atoms with Gasteiger partial charge in [0.1, 0.15) is 16.2 Å². The zero-order chi connectivity index (χ0) is 23.4. The highest BCUT2D eigenvalue weighted by Crippen LogP contribution is 2.39. The Morgan fingerprint density at radius 1 is 1.03 bits per heavy atom. The van der Waals surface area contributed by atoms with Crippen LogP contribution < -0.4 is 10.6 Å². The number of benzene rings is 2. The van der Waals surface area contributed by atoms with Crippen LogP contribution in [0.25, 0.3) is 21.3 Å². The van der Waals surface area contributed by atoms with Crippen molar-refractivity contribution in [1.29, 1.82) is 0 Å². The first-order chi connectivity index (χ1) is 15.9. The lowest BCUT2D eigenvalue weighted by Crippen LogP contribution is -2.24. The van der Waals surface area contributed by atoms with Crippen LogP contribution in [0, 0.1) is 0 Å². The first kappa shape index (κ1) is 23.2. The maximum absolute atomic E-state index is 13.0. The number of nitrogens with one attached hydrogen (secondary N) is 2. The van der Waals surface area contributed by atoms with E-state index in [0.29, 0.717) is 22.8 Å². The van der Waals surface area contributed by atoms with Crippen LogP contribution in [0.5, 0.6) is 0 Å². The first-order valence-electron chi connectivity index (χ1n) is 10.3. The minimum absolute atomic E-state index is 0.107. The summed E-state index contributed by atoms with van der Waals surface area (Å²) in [5, 5.41) is 9.79. The topological polar surface area (TPSA) is 84.0 Å². The number of rotatable bonds is 7. The minimum atomic E-state index is -0.337. The van der Waals surface area contributed by atoms with Gasteiger partial charge in [0.15, 0.2) is 0 Å². The van der Waals surface area contributed by atoms with Gasteiger partial charge < -0.3 is 10.6 Å². The molecule has 2 aromatic heterocycles. The molecular formula is C24H21ClN4O2S2. The molecule has 6 nitrogen and oxygen atoms in total. The Bertz CT molecular complexity index is 1290. The zero-order valence-electron chi connectivity index (χ0n) is 18.0. The van der Waals surface area contributed by atoms with Gasteiger partial charge in [-0.05, 0) is 48.4 Å². The number of carbonyl (C=O) groups excluding carboxylic acids is 2. The molecule has 0 fully saturated rings. The maximum Gasteiger partial charge on any atom is 0.237 e. The molecule has 1 unspecified atom stereocenters. The Labute approximate surface area is 204 Å². The van der Waals surface area contributed by atoms with E-state index >= 15 is 0 Å². The predicted molar refractivity (Wildman–Crippen MR) is 137 cm³/mol. The smallest absolute Gasteiger partial charge is 0.237 e. The number of nitrogens with zero attached hydrogens (tertiary/aromatic N) is 2. The molecule has 0 bridgehead atoms. The van der Waals surface area contributed by atoms with Crippen molar-refractivity contribution >= 4 is 68.1 Å². The van der Waals surface area contributed by atoms with E-state index in [9.17, 15) is 9.59 Å². The number of hydrogen-bond donors (Lipinski definition) is 2. The third-order valence-electron chi connectivity index (χ3n) is 4.88. The van der Waals surface area contributed by atoms with Gasteiger partial charge in [0.2, 0.25) is 11.8 Å². The van der Waals surface area contributed by atoms with Crippen LogP contribution in [0.15, 0.2) is 65.3 Å². The average Bonchev–Trinajstić information content (AvgIpc) is 3.24. The highest BCUT2D eigenvalue weighted by atomic mass is 35.5. The van der Waals surface area contributed by atoms with E-state index < -0.39 is 0 Å². The lowest BCUT2D eigenvalue weighted by molar-refractivity contribution is -0.116. The number of fused-ring (bicyclic) bond motifs is 1. The molecule has 0 radical (unpaired) electrons. The monoisotopic (exact) mass is 496 g/mol. The van der Waals surface area contributed by atoms with Crippen molar-refractivity contribution in [2.45, 2.75) is 30.5 Å². The van der Waals surface area contributed by atoms with Crippen LogP contribution in [-0.4, -0.2) is 27.0 Å². The molecule has 2 heterocycles. The largest absolute Gasteiger partial charge is 0.326 e. The molecule has 4 aromatic rings. The predicted octanol–water partition coefficient (Wildman–Crippen LogP) is 6.48. The van der Waals surface area contributed by atoms with Crippen molar-refractivity contribution in [3.8, 4) is 11.1 Å². The normalized spacial score (nSPS) is 11.8. The van der Waals surface area contributed by atoms with Crippen molar-refractivity contribution in [3.63, 3.8) is 0 Å². The Morgan fingerprint density at radius 3 is 2.33 bits per heavy atom. The van der Waals surface area contributed by atoms with Crippen molar-refractivity contribution in [1.82, 2.24) is 9.97 Å². The number of aromatic nitrogens is 2. The Kier molecular flexibility index (Phi) is 7.27. The van der Waals surface area contributed by atoms with Gasteiger partial charge in [-0.15, -0.1) is 11.3 Å². The molecule has 0 saturated carbocycles. The van der Waals surface area contributed by atoms with Crippen LogP contribution in [0.1, 0.15) is 20.3 Å². The van der Waals surface area contributed by atoms with Gasteiger partial charge in [0.25, 0.3) is 0 Å². The van der Waals surface area contributed by atoms with Gasteiger partial charge in [-0.3, -0.25) is 9.59 Å². The van der Waals surface area contributed by atoms with E-state index in [4.69, 9.17) is 11.6 Å². The van der Waals surface area contributed by atoms with E-state index in [1.807, 2.05) is 31.2 Å². The van der Waals surface area contributed by atoms with Crippen LogP contribution >= 0.6 is 34.7 Å². The van der Waals surface area contributed by atoms with Crippen molar-refractivity contribution in [2.24, 2.45) is 0 Å². The lowest BCUT2D eigenvalue weighted by atomic mass is 10.1. The molecule has 0 aliphatic heterocycles. The summed E-state index contributed by atoms with van der Waals surface area (Å²) in [5.41, 5.74) is 3.40. The number of thiophene rings is 1. The van der Waals surface area contributed by atoms with Gasteiger partial charge in [0.05, 0.1) is 10.6 Å². The van der Waals surface area contributed by atoms with E-state index in [1.54, 1.807) is 35.6 Å². The third-order valence-corrected chi connectivity index (χ3v) is 7.38. The zero-order valence-corrected chi connectivity index (χ0v) is 20.4. The molecule has 33 heavy (non-hydrogen) atoms. The Morgan fingerprint density at radius 2 is 1.70 bits per heavy atom. The molecule has 0 saturated heterocycles. The van der Waals surface area contributed by atoms with Crippen molar-refractivity contribution in [2.75, 3.05) is 10.6 Å². The number of hydrogen-bond acceptors (Lipinski definition) is 6. The highest BCUT2D eigenvalue weighted by Gasteiger charge is 2.22. The van der Waals surface area contributed by atoms with Crippen molar-refractivity contribution in [3.05, 3.63) is 65.3 Å². The molecule has 2 aromatic carbocycles. The summed E-state index contributed by atoms with van der Waals surface area (Å²) in [5.74, 6) is -0.249. The molecule has 0 aliphatic carbocycles. The number of carbonyl (C=O) groups is 2. The van der Waals surface area contributed by atoms with E-state index in [2.05, 4.69) is 26.0 Å². The van der Waals surface area contributed by atoms with Gasteiger partial charge in [-0.25, -0.2) is 9.97 Å². The van der Waals surface area contributed by atoms with E-state index in [0.717, 1.165) is 26.4 Å². The summed E-state index contributed by atoms with van der Waals surface area (Å²) in [7, 11) is 0. The van der Waals surface area contributed by atoms with Crippen LogP contribution in [0.4, 0.5) is 11.4 Å². The molecular weight excluding hydrogens is 476 g/mol. The Hall–Kier alpha value is -2.94. The fourth-order valence-corrected chi connectivity index (χ4v) is 5.44. The average molecular weight is 497 g/mol. The van der Waals surface area contributed by atoms with Gasteiger partial charge in [0, 0.05) is 34.3 Å². The number of halogens is 1. The van der Waals surface area contributed by atoms with Crippen LogP contribution in [0.3, 0.4) is 0 Å². The Balaban J connectivity index is 1.56. The summed E-state index contributed by atoms with van der Waals surface area (Å²) in [6.45, 7) is 3.43. The number of anilines is 2. The summed E-state index contributed by atoms with van der Waals surface area (Å²) >= 11 is 9.04. The summed E-state index contributed by atoms with van der Waals surface area (Å²) < 4.78 is 0. The SMILES string of the molecule is CCC(Sc1ncnc2scc(-c3ccc(Cl)cc3)c12)C(=O)Nc1ccc(NC(C)=O)cc1. The molecule has 9 heteroatoms. The second-order valence-electron chi connectivity index (χ2n) is 7.28. The van der Waals surface area contributed by atoms with Crippen LogP contribution in [-0.2, 0) is 9.59 Å². The van der Waals surface area contributed by atoms with Gasteiger partial charge in [-0.1, -0.05) is 42.4 Å². The molecule has 1 atom stereocenters. The molecule has 2 N–H and O–H groups in total. The summed E-state index contributed by atoms with van der Waals surface area (Å²) in [6.07, 6.45) is 2.17. The highest BCUT2D eigenvalue weighted by molar-refractivity contribution is 8.00. The quantitative estimate of drug-likeness (QED) is 0.226. The summed E-state index contributed by atoms with van der Waals surface area (Å²) in [6, 6.07) is 14.7. The standard InChI is InChI=1S/C24H21ClN4O2S2/c1-3-20(22(31)29-18-10-8-17(9-11-18)28-14(2)30)33-24-21-19(12-32-23(21)26-13-27-24)15-4-6-16(25)7-5-15/h4-13,20H,3H2,1-2H3,(H,28,30)(H,29,31).